The van der Waals surface area contributed by atoms with E-state index in [1.807, 2.05) is 11.4 Å². The maximum absolute atomic E-state index is 13.4. The summed E-state index contributed by atoms with van der Waals surface area (Å²) >= 11 is 1.35. The normalized spacial score (nSPS) is 11.8. The molecule has 18 heavy (non-hydrogen) atoms. The molecule has 0 spiro atoms. The topological polar surface area (TPSA) is 40.9 Å². The summed E-state index contributed by atoms with van der Waals surface area (Å²) in [5.74, 6) is -1.64. The van der Waals surface area contributed by atoms with Crippen LogP contribution < -0.4 is 0 Å². The van der Waals surface area contributed by atoms with E-state index in [4.69, 9.17) is 5.26 Å². The maximum atomic E-state index is 13.4. The molecule has 1 unspecified atom stereocenters. The molecule has 0 amide bonds. The van der Waals surface area contributed by atoms with Gasteiger partial charge in [0, 0.05) is 10.4 Å². The largest absolute Gasteiger partial charge is 0.292 e. The van der Waals surface area contributed by atoms with Crippen LogP contribution in [0.1, 0.15) is 26.7 Å². The van der Waals surface area contributed by atoms with E-state index in [0.717, 1.165) is 0 Å². The minimum Gasteiger partial charge on any atom is -0.292 e. The Balaban J connectivity index is 2.36. The molecule has 0 aliphatic carbocycles. The molecule has 2 nitrogen and oxygen atoms in total. The fourth-order valence-electron chi connectivity index (χ4n) is 1.62. The lowest BCUT2D eigenvalue weighted by Crippen LogP contribution is -2.10. The van der Waals surface area contributed by atoms with Crippen molar-refractivity contribution in [1.29, 1.82) is 5.26 Å². The van der Waals surface area contributed by atoms with Crippen molar-refractivity contribution in [2.75, 3.05) is 0 Å². The molecule has 0 bridgehead atoms. The predicted molar refractivity (Wildman–Crippen MR) is 68.1 cm³/mol. The molecule has 90 valence electrons. The second-order valence-corrected chi connectivity index (χ2v) is 4.89. The average Bonchev–Trinajstić information content (AvgIpc) is 2.87. The van der Waals surface area contributed by atoms with Crippen LogP contribution in [-0.2, 0) is 0 Å². The van der Waals surface area contributed by atoms with Crippen molar-refractivity contribution in [2.45, 2.75) is 12.8 Å². The molecule has 0 N–H and O–H groups in total. The summed E-state index contributed by atoms with van der Waals surface area (Å²) in [4.78, 5) is 12.8. The second kappa shape index (κ2) is 5.11. The first-order valence-electron chi connectivity index (χ1n) is 5.37. The number of nitrogens with zero attached hydrogens (tertiary/aromatic N) is 1. The lowest BCUT2D eigenvalue weighted by molar-refractivity contribution is 0.0979. The van der Waals surface area contributed by atoms with Crippen molar-refractivity contribution in [3.63, 3.8) is 0 Å². The van der Waals surface area contributed by atoms with Crippen LogP contribution in [0, 0.1) is 24.1 Å². The van der Waals surface area contributed by atoms with Crippen LogP contribution in [0.3, 0.4) is 0 Å². The number of rotatable bonds is 3. The first-order chi connectivity index (χ1) is 8.63. The molecule has 1 atom stereocenters. The Morgan fingerprint density at radius 3 is 2.78 bits per heavy atom. The minimum absolute atomic E-state index is 0.234. The summed E-state index contributed by atoms with van der Waals surface area (Å²) in [6, 6.07) is 9.79. The van der Waals surface area contributed by atoms with Crippen LogP contribution in [0.4, 0.5) is 4.39 Å². The molecule has 0 saturated heterocycles. The van der Waals surface area contributed by atoms with Crippen molar-refractivity contribution in [1.82, 2.24) is 0 Å². The van der Waals surface area contributed by atoms with Crippen molar-refractivity contribution in [2.24, 2.45) is 0 Å². The number of aryl methyl sites for hydroxylation is 1. The number of carbonyl (C=O) groups excluding carboxylic acids is 1. The number of carbonyl (C=O) groups is 1. The van der Waals surface area contributed by atoms with Crippen molar-refractivity contribution >= 4 is 17.1 Å². The molecule has 0 radical (unpaired) electrons. The Morgan fingerprint density at radius 2 is 2.22 bits per heavy atom. The molecule has 1 aromatic carbocycles. The van der Waals surface area contributed by atoms with Gasteiger partial charge < -0.3 is 0 Å². The molecule has 2 rings (SSSR count). The number of hydrogen-bond acceptors (Lipinski definition) is 3. The average molecular weight is 259 g/mol. The molecule has 1 heterocycles. The highest BCUT2D eigenvalue weighted by Crippen LogP contribution is 2.25. The SMILES string of the molecule is Cc1ccc(C(=O)C(C#N)c2cccs2)cc1F. The minimum atomic E-state index is -0.855. The third kappa shape index (κ3) is 2.31. The Bertz CT molecular complexity index is 613. The van der Waals surface area contributed by atoms with Gasteiger partial charge in [0.25, 0.3) is 0 Å². The van der Waals surface area contributed by atoms with Crippen molar-refractivity contribution in [3.05, 3.63) is 57.5 Å². The van der Waals surface area contributed by atoms with Gasteiger partial charge in [-0.3, -0.25) is 4.79 Å². The highest BCUT2D eigenvalue weighted by Gasteiger charge is 2.23. The summed E-state index contributed by atoms with van der Waals surface area (Å²) in [5, 5.41) is 10.9. The van der Waals surface area contributed by atoms with E-state index in [-0.39, 0.29) is 11.3 Å². The van der Waals surface area contributed by atoms with E-state index in [1.54, 1.807) is 31.2 Å². The predicted octanol–water partition coefficient (Wildman–Crippen LogP) is 3.69. The number of halogens is 1. The molecule has 4 heteroatoms. The fraction of sp³-hybridized carbons (Fsp3) is 0.143. The number of thiophene rings is 1. The number of benzene rings is 1. The lowest BCUT2D eigenvalue weighted by atomic mass is 9.96. The number of hydrogen-bond donors (Lipinski definition) is 0. The van der Waals surface area contributed by atoms with Gasteiger partial charge >= 0.3 is 0 Å². The van der Waals surface area contributed by atoms with E-state index in [9.17, 15) is 9.18 Å². The Kier molecular flexibility index (Phi) is 3.54. The van der Waals surface area contributed by atoms with Gasteiger partial charge in [-0.15, -0.1) is 11.3 Å². The molecule has 0 aliphatic heterocycles. The number of Topliss-reactive ketones (excluding diaryl/α,β-unsaturated/α-hetero) is 1. The van der Waals surface area contributed by atoms with Crippen molar-refractivity contribution < 1.29 is 9.18 Å². The van der Waals surface area contributed by atoms with E-state index >= 15 is 0 Å². The zero-order valence-electron chi connectivity index (χ0n) is 9.68. The van der Waals surface area contributed by atoms with Crippen LogP contribution in [0.5, 0.6) is 0 Å². The zero-order chi connectivity index (χ0) is 13.1. The Morgan fingerprint density at radius 1 is 1.44 bits per heavy atom. The number of ketones is 1. The third-order valence-corrected chi connectivity index (χ3v) is 3.61. The monoisotopic (exact) mass is 259 g/mol. The Hall–Kier alpha value is -1.99. The molecule has 0 fully saturated rings. The fourth-order valence-corrected chi connectivity index (χ4v) is 2.39. The Labute approximate surface area is 108 Å². The zero-order valence-corrected chi connectivity index (χ0v) is 10.5. The summed E-state index contributed by atoms with van der Waals surface area (Å²) in [6.07, 6.45) is 0. The van der Waals surface area contributed by atoms with Gasteiger partial charge in [0.15, 0.2) is 5.78 Å². The van der Waals surface area contributed by atoms with E-state index in [0.29, 0.717) is 10.4 Å². The smallest absolute Gasteiger partial charge is 0.185 e. The summed E-state index contributed by atoms with van der Waals surface area (Å²) in [7, 11) is 0. The van der Waals surface area contributed by atoms with Gasteiger partial charge in [0.1, 0.15) is 11.7 Å². The molecular weight excluding hydrogens is 249 g/mol. The van der Waals surface area contributed by atoms with Gasteiger partial charge in [0.2, 0.25) is 0 Å². The van der Waals surface area contributed by atoms with Crippen LogP contribution in [0.2, 0.25) is 0 Å². The highest BCUT2D eigenvalue weighted by atomic mass is 32.1. The summed E-state index contributed by atoms with van der Waals surface area (Å²) in [5.41, 5.74) is 0.717. The van der Waals surface area contributed by atoms with Gasteiger partial charge in [0.05, 0.1) is 6.07 Å². The lowest BCUT2D eigenvalue weighted by Gasteiger charge is -2.07. The number of nitriles is 1. The highest BCUT2D eigenvalue weighted by molar-refractivity contribution is 7.10. The van der Waals surface area contributed by atoms with E-state index < -0.39 is 11.7 Å². The van der Waals surface area contributed by atoms with Gasteiger partial charge in [-0.05, 0) is 30.0 Å². The van der Waals surface area contributed by atoms with Gasteiger partial charge in [-0.2, -0.15) is 5.26 Å². The van der Waals surface area contributed by atoms with E-state index in [2.05, 4.69) is 0 Å². The van der Waals surface area contributed by atoms with Crippen LogP contribution in [0.25, 0.3) is 0 Å². The molecule has 0 saturated carbocycles. The van der Waals surface area contributed by atoms with Crippen LogP contribution in [0.15, 0.2) is 35.7 Å². The quantitative estimate of drug-likeness (QED) is 0.789. The van der Waals surface area contributed by atoms with Crippen LogP contribution >= 0.6 is 11.3 Å². The first kappa shape index (κ1) is 12.5. The van der Waals surface area contributed by atoms with Crippen LogP contribution in [-0.4, -0.2) is 5.78 Å². The van der Waals surface area contributed by atoms with E-state index in [1.165, 1.54) is 17.4 Å². The second-order valence-electron chi connectivity index (χ2n) is 3.91. The first-order valence-corrected chi connectivity index (χ1v) is 6.25. The summed E-state index contributed by atoms with van der Waals surface area (Å²) in [6.45, 7) is 1.63. The maximum Gasteiger partial charge on any atom is 0.185 e. The molecular formula is C14H10FNOS. The molecule has 1 aromatic heterocycles. The van der Waals surface area contributed by atoms with Gasteiger partial charge in [-0.1, -0.05) is 18.2 Å². The van der Waals surface area contributed by atoms with Crippen molar-refractivity contribution in [3.8, 4) is 6.07 Å². The van der Waals surface area contributed by atoms with Gasteiger partial charge in [-0.25, -0.2) is 4.39 Å². The standard InChI is InChI=1S/C14H10FNOS/c1-9-4-5-10(7-12(9)15)14(17)11(8-16)13-3-2-6-18-13/h2-7,11H,1H3. The molecule has 0 aliphatic rings. The molecule has 2 aromatic rings. The third-order valence-electron chi connectivity index (χ3n) is 2.68. The summed E-state index contributed by atoms with van der Waals surface area (Å²) < 4.78 is 13.4.